The highest BCUT2D eigenvalue weighted by Crippen LogP contribution is 2.46. The summed E-state index contributed by atoms with van der Waals surface area (Å²) in [5.41, 5.74) is 2.18. The van der Waals surface area contributed by atoms with Crippen LogP contribution in [0.3, 0.4) is 0 Å². The summed E-state index contributed by atoms with van der Waals surface area (Å²) in [5.74, 6) is -6.23. The fraction of sp³-hybridized carbons (Fsp3) is 0.783. The van der Waals surface area contributed by atoms with Gasteiger partial charge in [-0.1, -0.05) is 20.8 Å². The van der Waals surface area contributed by atoms with Gasteiger partial charge in [-0.05, 0) is 43.9 Å². The Balaban J connectivity index is 1.72. The zero-order chi connectivity index (χ0) is 28.0. The zero-order valence-electron chi connectivity index (χ0n) is 20.9. The second-order valence-electron chi connectivity index (χ2n) is 11.6. The molecule has 1 aliphatic heterocycles. The van der Waals surface area contributed by atoms with Gasteiger partial charge in [0.1, 0.15) is 23.8 Å². The molecule has 3 fully saturated rings. The van der Waals surface area contributed by atoms with Crippen LogP contribution in [-0.2, 0) is 24.0 Å². The van der Waals surface area contributed by atoms with Crippen LogP contribution in [0.2, 0.25) is 0 Å². The first-order chi connectivity index (χ1) is 16.8. The Morgan fingerprint density at radius 2 is 1.57 bits per heavy atom. The highest BCUT2D eigenvalue weighted by atomic mass is 19.4. The van der Waals surface area contributed by atoms with Gasteiger partial charge in [0.15, 0.2) is 0 Å². The van der Waals surface area contributed by atoms with Crippen molar-refractivity contribution >= 4 is 29.5 Å². The summed E-state index contributed by atoms with van der Waals surface area (Å²) in [6.45, 7) is 4.22. The van der Waals surface area contributed by atoms with Crippen LogP contribution in [-0.4, -0.2) is 65.0 Å². The summed E-state index contributed by atoms with van der Waals surface area (Å²) >= 11 is 0. The van der Waals surface area contributed by atoms with Crippen molar-refractivity contribution in [3.05, 3.63) is 0 Å². The summed E-state index contributed by atoms with van der Waals surface area (Å²) in [7, 11) is 0. The number of hydrogen-bond donors (Lipinski definition) is 5. The van der Waals surface area contributed by atoms with Gasteiger partial charge >= 0.3 is 12.1 Å². The van der Waals surface area contributed by atoms with Gasteiger partial charge in [-0.3, -0.25) is 24.0 Å². The van der Waals surface area contributed by atoms with E-state index in [2.05, 4.69) is 16.0 Å². The molecular weight excluding hydrogens is 502 g/mol. The van der Waals surface area contributed by atoms with Crippen LogP contribution in [0.5, 0.6) is 0 Å². The lowest BCUT2D eigenvalue weighted by atomic mass is 9.85. The van der Waals surface area contributed by atoms with Gasteiger partial charge in [0.25, 0.3) is 0 Å². The second kappa shape index (κ2) is 9.75. The third kappa shape index (κ3) is 7.31. The molecule has 1 heterocycles. The first-order valence-corrected chi connectivity index (χ1v) is 12.1. The van der Waals surface area contributed by atoms with Crippen molar-refractivity contribution < 1.29 is 41.5 Å². The van der Waals surface area contributed by atoms with E-state index < -0.39 is 71.4 Å². The van der Waals surface area contributed by atoms with E-state index in [0.29, 0.717) is 6.42 Å². The molecule has 37 heavy (non-hydrogen) atoms. The minimum absolute atomic E-state index is 0.0949. The van der Waals surface area contributed by atoms with Crippen molar-refractivity contribution in [1.82, 2.24) is 21.3 Å². The molecule has 14 heteroatoms. The molecule has 1 spiro atoms. The number of rotatable bonds is 10. The van der Waals surface area contributed by atoms with Crippen molar-refractivity contribution in [2.75, 3.05) is 0 Å². The smallest absolute Gasteiger partial charge is 0.368 e. The zero-order valence-corrected chi connectivity index (χ0v) is 20.9. The third-order valence-electron chi connectivity index (χ3n) is 7.09. The first-order valence-electron chi connectivity index (χ1n) is 12.1. The molecule has 3 rings (SSSR count). The molecule has 1 saturated heterocycles. The van der Waals surface area contributed by atoms with Crippen LogP contribution >= 0.6 is 0 Å². The number of halogens is 4. The van der Waals surface area contributed by atoms with Gasteiger partial charge in [-0.2, -0.15) is 13.2 Å². The van der Waals surface area contributed by atoms with Crippen molar-refractivity contribution in [2.24, 2.45) is 17.1 Å². The Bertz CT molecular complexity index is 972. The number of alkyl halides is 4. The largest absolute Gasteiger partial charge is 0.471 e. The lowest BCUT2D eigenvalue weighted by Gasteiger charge is -2.32. The number of hydrogen-bond acceptors (Lipinski definition) is 5. The predicted molar refractivity (Wildman–Crippen MR) is 121 cm³/mol. The van der Waals surface area contributed by atoms with E-state index in [9.17, 15) is 41.5 Å². The summed E-state index contributed by atoms with van der Waals surface area (Å²) in [6, 6.07) is -4.58. The number of nitrogens with one attached hydrogen (secondary N) is 4. The van der Waals surface area contributed by atoms with Crippen molar-refractivity contribution in [3.8, 4) is 0 Å². The highest BCUT2D eigenvalue weighted by molar-refractivity contribution is 5.95. The monoisotopic (exact) mass is 535 g/mol. The maximum atomic E-state index is 14.6. The van der Waals surface area contributed by atoms with Gasteiger partial charge in [0.2, 0.25) is 23.6 Å². The Hall–Kier alpha value is -2.93. The van der Waals surface area contributed by atoms with Crippen LogP contribution in [0.25, 0.3) is 0 Å². The summed E-state index contributed by atoms with van der Waals surface area (Å²) in [6.07, 6.45) is -3.50. The van der Waals surface area contributed by atoms with E-state index in [4.69, 9.17) is 5.73 Å². The molecule has 0 aromatic rings. The Morgan fingerprint density at radius 1 is 1.00 bits per heavy atom. The molecular formula is C23H33F4N5O5. The first kappa shape index (κ1) is 28.6. The van der Waals surface area contributed by atoms with Crippen LogP contribution in [0.1, 0.15) is 65.7 Å². The van der Waals surface area contributed by atoms with Crippen LogP contribution in [0.15, 0.2) is 0 Å². The standard InChI is InChI=1S/C23H33F4N5O5/c1-20(2,3)14(31-19(37)23(25,26)27)18(36)30-13(10-21(24)4-5-21)17(35)29-12(15(28)33)8-11-9-22(6-7-22)32-16(11)34/h11-14H,4-10H2,1-3H3,(H2,28,33)(H,29,35)(H,30,36)(H,31,37)(H,32,34)/t11-,12+,13+,14-/m1/s1. The lowest BCUT2D eigenvalue weighted by molar-refractivity contribution is -0.175. The number of carbonyl (C=O) groups is 5. The number of amides is 5. The highest BCUT2D eigenvalue weighted by Gasteiger charge is 2.53. The Labute approximate surface area is 211 Å². The molecule has 0 unspecified atom stereocenters. The molecule has 0 bridgehead atoms. The third-order valence-corrected chi connectivity index (χ3v) is 7.09. The Kier molecular flexibility index (Phi) is 7.54. The molecule has 6 N–H and O–H groups in total. The predicted octanol–water partition coefficient (Wildman–Crippen LogP) is 0.486. The quantitative estimate of drug-likeness (QED) is 0.257. The van der Waals surface area contributed by atoms with Gasteiger partial charge in [-0.15, -0.1) is 0 Å². The summed E-state index contributed by atoms with van der Waals surface area (Å²) in [4.78, 5) is 61.9. The van der Waals surface area contributed by atoms with Gasteiger partial charge in [0, 0.05) is 17.9 Å². The van der Waals surface area contributed by atoms with Gasteiger partial charge < -0.3 is 27.0 Å². The van der Waals surface area contributed by atoms with Crippen LogP contribution in [0, 0.1) is 11.3 Å². The molecule has 2 saturated carbocycles. The molecule has 208 valence electrons. The van der Waals surface area contributed by atoms with E-state index >= 15 is 0 Å². The van der Waals surface area contributed by atoms with Crippen LogP contribution < -0.4 is 27.0 Å². The van der Waals surface area contributed by atoms with Crippen LogP contribution in [0.4, 0.5) is 17.6 Å². The topological polar surface area (TPSA) is 159 Å². The summed E-state index contributed by atoms with van der Waals surface area (Å²) < 4.78 is 53.1. The van der Waals surface area contributed by atoms with E-state index in [1.54, 1.807) is 5.32 Å². The lowest BCUT2D eigenvalue weighted by Crippen LogP contribution is -2.60. The maximum absolute atomic E-state index is 14.6. The average molecular weight is 536 g/mol. The molecule has 4 atom stereocenters. The van der Waals surface area contributed by atoms with Crippen molar-refractivity contribution in [2.45, 2.75) is 101 Å². The van der Waals surface area contributed by atoms with Crippen molar-refractivity contribution in [3.63, 3.8) is 0 Å². The fourth-order valence-electron chi connectivity index (χ4n) is 4.51. The fourth-order valence-corrected chi connectivity index (χ4v) is 4.51. The molecule has 10 nitrogen and oxygen atoms in total. The number of carbonyl (C=O) groups excluding carboxylic acids is 5. The van der Waals surface area contributed by atoms with E-state index in [-0.39, 0.29) is 30.7 Å². The van der Waals surface area contributed by atoms with Gasteiger partial charge in [-0.25, -0.2) is 4.39 Å². The number of primary amides is 1. The Morgan fingerprint density at radius 3 is 2.00 bits per heavy atom. The maximum Gasteiger partial charge on any atom is 0.471 e. The summed E-state index contributed by atoms with van der Waals surface area (Å²) in [5, 5.41) is 9.10. The molecule has 2 aliphatic carbocycles. The normalized spacial score (nSPS) is 23.9. The van der Waals surface area contributed by atoms with E-state index in [1.165, 1.54) is 20.8 Å². The SMILES string of the molecule is CC(C)(C)[C@H](NC(=O)C(F)(F)F)C(=O)N[C@@H](CC1(F)CC1)C(=O)N[C@@H](C[C@@H]1CC2(CC2)NC1=O)C(N)=O. The average Bonchev–Trinajstić information content (AvgIpc) is 3.64. The second-order valence-corrected chi connectivity index (χ2v) is 11.6. The van der Waals surface area contributed by atoms with E-state index in [1.807, 2.05) is 0 Å². The molecule has 3 aliphatic rings. The molecule has 0 aromatic heterocycles. The van der Waals surface area contributed by atoms with E-state index in [0.717, 1.165) is 12.8 Å². The molecule has 0 aromatic carbocycles. The molecule has 5 amide bonds. The van der Waals surface area contributed by atoms with Gasteiger partial charge in [0.05, 0.1) is 0 Å². The number of nitrogens with two attached hydrogens (primary N) is 1. The van der Waals surface area contributed by atoms with Crippen molar-refractivity contribution in [1.29, 1.82) is 0 Å². The minimum atomic E-state index is -5.25. The molecule has 0 radical (unpaired) electrons. The minimum Gasteiger partial charge on any atom is -0.368 e.